The molecule has 0 saturated heterocycles. The summed E-state index contributed by atoms with van der Waals surface area (Å²) in [5.41, 5.74) is 2.70. The fourth-order valence-corrected chi connectivity index (χ4v) is 5.12. The molecule has 1 N–H and O–H groups in total. The second-order valence-electron chi connectivity index (χ2n) is 9.81. The van der Waals surface area contributed by atoms with Crippen LogP contribution in [0.4, 0.5) is 10.5 Å². The number of urea groups is 1. The number of hydrogen-bond donors (Lipinski definition) is 1. The molecule has 0 spiro atoms. The Bertz CT molecular complexity index is 1720. The van der Waals surface area contributed by atoms with Crippen LogP contribution < -0.4 is 20.3 Å². The predicted octanol–water partition coefficient (Wildman–Crippen LogP) is 6.63. The van der Waals surface area contributed by atoms with Gasteiger partial charge >= 0.3 is 6.03 Å². The molecular formula is C34H34N4O4. The van der Waals surface area contributed by atoms with Crippen molar-refractivity contribution in [2.45, 2.75) is 25.8 Å². The molecule has 4 aromatic carbocycles. The molecule has 0 fully saturated rings. The van der Waals surface area contributed by atoms with Gasteiger partial charge in [0.1, 0.15) is 17.3 Å². The highest BCUT2D eigenvalue weighted by Crippen LogP contribution is 2.31. The van der Waals surface area contributed by atoms with Crippen LogP contribution in [-0.4, -0.2) is 41.2 Å². The van der Waals surface area contributed by atoms with Crippen LogP contribution in [0.3, 0.4) is 0 Å². The minimum atomic E-state index is -0.518. The molecule has 0 aliphatic heterocycles. The zero-order valence-electron chi connectivity index (χ0n) is 24.0. The van der Waals surface area contributed by atoms with Gasteiger partial charge in [0.2, 0.25) is 0 Å². The maximum atomic E-state index is 14.1. The smallest absolute Gasteiger partial charge is 0.322 e. The minimum absolute atomic E-state index is 0.180. The van der Waals surface area contributed by atoms with Gasteiger partial charge in [-0.05, 0) is 54.8 Å². The summed E-state index contributed by atoms with van der Waals surface area (Å²) in [5, 5.41) is 3.55. The van der Waals surface area contributed by atoms with Crippen molar-refractivity contribution in [2.24, 2.45) is 0 Å². The van der Waals surface area contributed by atoms with Gasteiger partial charge in [0.15, 0.2) is 0 Å². The van der Waals surface area contributed by atoms with E-state index in [2.05, 4.69) is 5.32 Å². The van der Waals surface area contributed by atoms with E-state index in [-0.39, 0.29) is 11.6 Å². The molecule has 0 bridgehead atoms. The van der Waals surface area contributed by atoms with E-state index in [0.717, 1.165) is 5.56 Å². The topological polar surface area (TPSA) is 85.7 Å². The Labute approximate surface area is 245 Å². The summed E-state index contributed by atoms with van der Waals surface area (Å²) in [4.78, 5) is 34.9. The molecule has 1 aromatic heterocycles. The largest absolute Gasteiger partial charge is 0.497 e. The van der Waals surface area contributed by atoms with Crippen LogP contribution in [0.25, 0.3) is 16.6 Å². The van der Waals surface area contributed by atoms with Crippen molar-refractivity contribution in [1.82, 2.24) is 14.5 Å². The van der Waals surface area contributed by atoms with E-state index in [0.29, 0.717) is 59.0 Å². The molecule has 2 amide bonds. The quantitative estimate of drug-likeness (QED) is 0.207. The first kappa shape index (κ1) is 28.4. The van der Waals surface area contributed by atoms with Gasteiger partial charge < -0.3 is 19.7 Å². The fraction of sp³-hybridized carbons (Fsp3) is 0.206. The number of carbonyl (C=O) groups excluding carboxylic acids is 1. The SMILES string of the molecule is CCC(c1nc2ccccc2c(=O)n1-c1ccccc1)N(CCc1ccccc1)C(=O)Nc1ccc(OC)cc1OC. The summed E-state index contributed by atoms with van der Waals surface area (Å²) in [5.74, 6) is 1.59. The number of carbonyl (C=O) groups is 1. The number of nitrogens with one attached hydrogen (secondary N) is 1. The van der Waals surface area contributed by atoms with Gasteiger partial charge in [0, 0.05) is 12.6 Å². The Hall–Kier alpha value is -5.11. The molecular weight excluding hydrogens is 528 g/mol. The van der Waals surface area contributed by atoms with Gasteiger partial charge in [-0.2, -0.15) is 0 Å². The molecule has 1 atom stereocenters. The lowest BCUT2D eigenvalue weighted by molar-refractivity contribution is 0.182. The van der Waals surface area contributed by atoms with E-state index in [1.807, 2.05) is 85.8 Å². The fourth-order valence-electron chi connectivity index (χ4n) is 5.12. The Kier molecular flexibility index (Phi) is 8.82. The number of methoxy groups -OCH3 is 2. The van der Waals surface area contributed by atoms with E-state index >= 15 is 0 Å². The third kappa shape index (κ3) is 5.98. The molecule has 1 unspecified atom stereocenters. The number of amides is 2. The molecule has 0 radical (unpaired) electrons. The Morgan fingerprint density at radius 2 is 1.60 bits per heavy atom. The molecule has 0 aliphatic carbocycles. The number of para-hydroxylation sites is 2. The van der Waals surface area contributed by atoms with E-state index in [1.54, 1.807) is 48.0 Å². The zero-order chi connectivity index (χ0) is 29.5. The number of fused-ring (bicyclic) bond motifs is 1. The van der Waals surface area contributed by atoms with Gasteiger partial charge in [-0.25, -0.2) is 9.78 Å². The second kappa shape index (κ2) is 13.0. The number of anilines is 1. The maximum absolute atomic E-state index is 14.1. The Morgan fingerprint density at radius 1 is 0.905 bits per heavy atom. The number of benzene rings is 4. The van der Waals surface area contributed by atoms with Gasteiger partial charge in [-0.1, -0.05) is 67.6 Å². The zero-order valence-corrected chi connectivity index (χ0v) is 24.0. The van der Waals surface area contributed by atoms with Crippen molar-refractivity contribution >= 4 is 22.6 Å². The van der Waals surface area contributed by atoms with Gasteiger partial charge in [0.25, 0.3) is 5.56 Å². The summed E-state index contributed by atoms with van der Waals surface area (Å²) >= 11 is 0. The van der Waals surface area contributed by atoms with Gasteiger partial charge in [-0.3, -0.25) is 9.36 Å². The molecule has 42 heavy (non-hydrogen) atoms. The lowest BCUT2D eigenvalue weighted by Crippen LogP contribution is -2.42. The van der Waals surface area contributed by atoms with Gasteiger partial charge in [0.05, 0.1) is 42.5 Å². The summed E-state index contributed by atoms with van der Waals surface area (Å²) in [6, 6.07) is 31.2. The van der Waals surface area contributed by atoms with E-state index in [9.17, 15) is 9.59 Å². The van der Waals surface area contributed by atoms with Crippen molar-refractivity contribution in [1.29, 1.82) is 0 Å². The van der Waals surface area contributed by atoms with Crippen molar-refractivity contribution in [3.05, 3.63) is 125 Å². The number of ether oxygens (including phenoxy) is 2. The van der Waals surface area contributed by atoms with Crippen LogP contribution in [0.2, 0.25) is 0 Å². The van der Waals surface area contributed by atoms with Crippen LogP contribution >= 0.6 is 0 Å². The Morgan fingerprint density at radius 3 is 2.29 bits per heavy atom. The third-order valence-corrected chi connectivity index (χ3v) is 7.27. The highest BCUT2D eigenvalue weighted by atomic mass is 16.5. The van der Waals surface area contributed by atoms with E-state index < -0.39 is 6.04 Å². The van der Waals surface area contributed by atoms with Crippen LogP contribution in [0.1, 0.15) is 30.8 Å². The molecule has 8 heteroatoms. The monoisotopic (exact) mass is 562 g/mol. The van der Waals surface area contributed by atoms with Crippen LogP contribution in [0.15, 0.2) is 108 Å². The van der Waals surface area contributed by atoms with E-state index in [4.69, 9.17) is 14.5 Å². The summed E-state index contributed by atoms with van der Waals surface area (Å²) < 4.78 is 12.5. The highest BCUT2D eigenvalue weighted by molar-refractivity contribution is 5.91. The molecule has 0 saturated carbocycles. The average Bonchev–Trinajstić information content (AvgIpc) is 3.04. The minimum Gasteiger partial charge on any atom is -0.497 e. The van der Waals surface area contributed by atoms with Crippen LogP contribution in [0.5, 0.6) is 11.5 Å². The Balaban J connectivity index is 1.62. The predicted molar refractivity (Wildman–Crippen MR) is 166 cm³/mol. The molecule has 5 rings (SSSR count). The molecule has 214 valence electrons. The lowest BCUT2D eigenvalue weighted by Gasteiger charge is -2.32. The molecule has 1 heterocycles. The molecule has 8 nitrogen and oxygen atoms in total. The normalized spacial score (nSPS) is 11.6. The van der Waals surface area contributed by atoms with Crippen molar-refractivity contribution < 1.29 is 14.3 Å². The van der Waals surface area contributed by atoms with Crippen LogP contribution in [0, 0.1) is 0 Å². The van der Waals surface area contributed by atoms with Crippen molar-refractivity contribution in [3.63, 3.8) is 0 Å². The highest BCUT2D eigenvalue weighted by Gasteiger charge is 2.29. The summed E-state index contributed by atoms with van der Waals surface area (Å²) in [7, 11) is 3.12. The van der Waals surface area contributed by atoms with Crippen molar-refractivity contribution in [3.8, 4) is 17.2 Å². The summed E-state index contributed by atoms with van der Waals surface area (Å²) in [6.45, 7) is 2.39. The standard InChI is InChI=1S/C34H34N4O4/c1-4-30(32-35-28-18-12-11-17-27(28)33(39)38(32)25-15-9-6-10-16-25)37(22-21-24-13-7-5-8-14-24)34(40)36-29-20-19-26(41-2)23-31(29)42-3/h5-20,23,30H,4,21-22H2,1-3H3,(H,36,40). The molecule has 0 aliphatic rings. The van der Waals surface area contributed by atoms with Crippen LogP contribution in [-0.2, 0) is 6.42 Å². The maximum Gasteiger partial charge on any atom is 0.322 e. The lowest BCUT2D eigenvalue weighted by atomic mass is 10.1. The third-order valence-electron chi connectivity index (χ3n) is 7.27. The first-order valence-corrected chi connectivity index (χ1v) is 13.9. The number of aromatic nitrogens is 2. The second-order valence-corrected chi connectivity index (χ2v) is 9.81. The number of rotatable bonds is 10. The first-order valence-electron chi connectivity index (χ1n) is 13.9. The van der Waals surface area contributed by atoms with Gasteiger partial charge in [-0.15, -0.1) is 0 Å². The summed E-state index contributed by atoms with van der Waals surface area (Å²) in [6.07, 6.45) is 1.15. The van der Waals surface area contributed by atoms with E-state index in [1.165, 1.54) is 0 Å². The first-order chi connectivity index (χ1) is 20.5. The molecule has 5 aromatic rings. The average molecular weight is 563 g/mol. The number of hydrogen-bond acceptors (Lipinski definition) is 5. The van der Waals surface area contributed by atoms with Crippen molar-refractivity contribution in [2.75, 3.05) is 26.1 Å². The number of nitrogens with zero attached hydrogens (tertiary/aromatic N) is 3.